The summed E-state index contributed by atoms with van der Waals surface area (Å²) in [5.41, 5.74) is 3.89. The zero-order valence-electron chi connectivity index (χ0n) is 19.7. The number of halogens is 1. The first kappa shape index (κ1) is 25.6. The Hall–Kier alpha value is -3.03. The van der Waals surface area contributed by atoms with Crippen LogP contribution in [0.1, 0.15) is 23.1 Å². The molecule has 8 heteroatoms. The smallest absolute Gasteiger partial charge is 0.246 e. The van der Waals surface area contributed by atoms with Crippen LogP contribution < -0.4 is 14.8 Å². The van der Waals surface area contributed by atoms with Crippen molar-refractivity contribution in [2.75, 3.05) is 51.3 Å². The Bertz CT molecular complexity index is 1030. The highest BCUT2D eigenvalue weighted by molar-refractivity contribution is 5.94. The van der Waals surface area contributed by atoms with E-state index in [-0.39, 0.29) is 24.2 Å². The molecule has 2 heterocycles. The van der Waals surface area contributed by atoms with Gasteiger partial charge in [0.1, 0.15) is 0 Å². The minimum Gasteiger partial charge on any atom is -0.490 e. The van der Waals surface area contributed by atoms with Crippen LogP contribution in [0.25, 0.3) is 6.08 Å². The Kier molecular flexibility index (Phi) is 8.96. The summed E-state index contributed by atoms with van der Waals surface area (Å²) in [5, 5.41) is 3.03. The number of fused-ring (bicyclic) bond motifs is 1. The number of anilines is 1. The molecule has 1 fully saturated rings. The molecule has 0 bridgehead atoms. The van der Waals surface area contributed by atoms with E-state index in [0.29, 0.717) is 45.9 Å². The number of nitrogens with one attached hydrogen (secondary N) is 1. The van der Waals surface area contributed by atoms with Crippen molar-refractivity contribution in [3.63, 3.8) is 0 Å². The van der Waals surface area contributed by atoms with Gasteiger partial charge in [0.05, 0.1) is 19.8 Å². The number of hydrogen-bond acceptors (Lipinski definition) is 5. The molecule has 0 aromatic heterocycles. The molecule has 2 aliphatic rings. The molecule has 2 aromatic rings. The largest absolute Gasteiger partial charge is 0.490 e. The molecule has 0 saturated carbocycles. The van der Waals surface area contributed by atoms with Gasteiger partial charge in [-0.1, -0.05) is 24.3 Å². The quantitative estimate of drug-likeness (QED) is 0.654. The number of rotatable bonds is 5. The number of hydrogen-bond donors (Lipinski definition) is 1. The molecule has 2 aliphatic heterocycles. The molecule has 182 valence electrons. The summed E-state index contributed by atoms with van der Waals surface area (Å²) in [6, 6.07) is 11.7. The van der Waals surface area contributed by atoms with Crippen LogP contribution in [0.4, 0.5) is 5.69 Å². The average Bonchev–Trinajstić information content (AvgIpc) is 3.05. The highest BCUT2D eigenvalue weighted by Gasteiger charge is 2.21. The molecule has 1 saturated heterocycles. The first-order chi connectivity index (χ1) is 16.0. The monoisotopic (exact) mass is 485 g/mol. The Labute approximate surface area is 207 Å². The van der Waals surface area contributed by atoms with Crippen molar-refractivity contribution in [3.8, 4) is 11.5 Å². The predicted molar refractivity (Wildman–Crippen MR) is 136 cm³/mol. The van der Waals surface area contributed by atoms with Gasteiger partial charge in [0.25, 0.3) is 0 Å². The third-order valence-electron chi connectivity index (χ3n) is 5.99. The fourth-order valence-electron chi connectivity index (χ4n) is 4.08. The lowest BCUT2D eigenvalue weighted by Gasteiger charge is -2.33. The van der Waals surface area contributed by atoms with Gasteiger partial charge < -0.3 is 19.7 Å². The van der Waals surface area contributed by atoms with Crippen LogP contribution in [0.3, 0.4) is 0 Å². The van der Waals surface area contributed by atoms with Gasteiger partial charge in [-0.15, -0.1) is 12.4 Å². The van der Waals surface area contributed by atoms with Gasteiger partial charge in [0.2, 0.25) is 11.8 Å². The molecular formula is C26H32ClN3O4. The summed E-state index contributed by atoms with van der Waals surface area (Å²) in [5.74, 6) is 1.41. The maximum atomic E-state index is 12.6. The van der Waals surface area contributed by atoms with Crippen molar-refractivity contribution >= 4 is 36.0 Å². The van der Waals surface area contributed by atoms with Crippen LogP contribution in [0.15, 0.2) is 42.5 Å². The molecule has 1 N–H and O–H groups in total. The third kappa shape index (κ3) is 6.52. The second kappa shape index (κ2) is 11.9. The Morgan fingerprint density at radius 1 is 0.971 bits per heavy atom. The van der Waals surface area contributed by atoms with Crippen molar-refractivity contribution in [1.29, 1.82) is 0 Å². The molecule has 7 nitrogen and oxygen atoms in total. The minimum absolute atomic E-state index is 0. The Morgan fingerprint density at radius 2 is 1.65 bits per heavy atom. The summed E-state index contributed by atoms with van der Waals surface area (Å²) in [4.78, 5) is 29.1. The lowest BCUT2D eigenvalue weighted by atomic mass is 10.1. The number of aryl methyl sites for hydroxylation is 2. The number of para-hydroxylation sites is 1. The van der Waals surface area contributed by atoms with Crippen molar-refractivity contribution in [2.45, 2.75) is 20.3 Å². The molecule has 34 heavy (non-hydrogen) atoms. The summed E-state index contributed by atoms with van der Waals surface area (Å²) in [7, 11) is 0. The van der Waals surface area contributed by atoms with Crippen LogP contribution in [-0.4, -0.2) is 67.6 Å². The van der Waals surface area contributed by atoms with Gasteiger partial charge in [0, 0.05) is 44.4 Å². The molecule has 0 radical (unpaired) electrons. The molecule has 2 amide bonds. The van der Waals surface area contributed by atoms with E-state index in [0.717, 1.165) is 40.3 Å². The minimum atomic E-state index is -0.0264. The van der Waals surface area contributed by atoms with Gasteiger partial charge in [0.15, 0.2) is 11.5 Å². The number of carbonyl (C=O) groups excluding carboxylic acids is 2. The summed E-state index contributed by atoms with van der Waals surface area (Å²) < 4.78 is 11.4. The average molecular weight is 486 g/mol. The highest BCUT2D eigenvalue weighted by Crippen LogP contribution is 2.30. The number of carbonyl (C=O) groups is 2. The Morgan fingerprint density at radius 3 is 2.35 bits per heavy atom. The van der Waals surface area contributed by atoms with Crippen molar-refractivity contribution in [1.82, 2.24) is 9.80 Å². The first-order valence-electron chi connectivity index (χ1n) is 11.4. The van der Waals surface area contributed by atoms with E-state index in [1.807, 2.05) is 55.1 Å². The van der Waals surface area contributed by atoms with Gasteiger partial charge in [-0.05, 0) is 48.7 Å². The summed E-state index contributed by atoms with van der Waals surface area (Å²) in [6.45, 7) is 8.13. The van der Waals surface area contributed by atoms with E-state index in [4.69, 9.17) is 9.47 Å². The summed E-state index contributed by atoms with van der Waals surface area (Å²) in [6.07, 6.45) is 4.27. The zero-order valence-corrected chi connectivity index (χ0v) is 20.5. The molecule has 0 unspecified atom stereocenters. The number of ether oxygens (including phenoxy) is 2. The van der Waals surface area contributed by atoms with E-state index in [1.54, 1.807) is 12.2 Å². The third-order valence-corrected chi connectivity index (χ3v) is 5.99. The molecule has 0 spiro atoms. The van der Waals surface area contributed by atoms with Gasteiger partial charge in [-0.3, -0.25) is 14.5 Å². The maximum absolute atomic E-state index is 12.6. The molecule has 0 aliphatic carbocycles. The maximum Gasteiger partial charge on any atom is 0.246 e. The van der Waals surface area contributed by atoms with Gasteiger partial charge in [-0.25, -0.2) is 0 Å². The van der Waals surface area contributed by atoms with Gasteiger partial charge >= 0.3 is 0 Å². The fourth-order valence-corrected chi connectivity index (χ4v) is 4.08. The molecule has 2 aromatic carbocycles. The number of piperazine rings is 1. The lowest BCUT2D eigenvalue weighted by molar-refractivity contribution is -0.127. The van der Waals surface area contributed by atoms with E-state index < -0.39 is 0 Å². The second-order valence-corrected chi connectivity index (χ2v) is 8.51. The number of benzene rings is 2. The normalized spacial score (nSPS) is 16.0. The van der Waals surface area contributed by atoms with E-state index in [9.17, 15) is 9.59 Å². The fraction of sp³-hybridized carbons (Fsp3) is 0.385. The molecular weight excluding hydrogens is 454 g/mol. The zero-order chi connectivity index (χ0) is 23.2. The van der Waals surface area contributed by atoms with Crippen LogP contribution >= 0.6 is 12.4 Å². The standard InChI is InChI=1S/C26H31N3O4.ClH/c1-19-5-3-6-20(2)26(19)27-24(30)18-28-11-13-29(14-12-28)25(31)10-8-21-7-9-22-23(17-21)33-16-4-15-32-22;/h3,5-10,17H,4,11-16,18H2,1-2H3,(H,27,30);1H. The SMILES string of the molecule is Cc1cccc(C)c1NC(=O)CN1CCN(C(=O)C=Cc2ccc3c(c2)OCCCO3)CC1.Cl. The van der Waals surface area contributed by atoms with E-state index >= 15 is 0 Å². The van der Waals surface area contributed by atoms with Crippen LogP contribution in [0.5, 0.6) is 11.5 Å². The van der Waals surface area contributed by atoms with Crippen molar-refractivity contribution in [3.05, 3.63) is 59.2 Å². The number of amides is 2. The van der Waals surface area contributed by atoms with E-state index in [1.165, 1.54) is 0 Å². The van der Waals surface area contributed by atoms with Crippen LogP contribution in [0, 0.1) is 13.8 Å². The lowest BCUT2D eigenvalue weighted by Crippen LogP contribution is -2.50. The molecule has 0 atom stereocenters. The number of nitrogens with zero attached hydrogens (tertiary/aromatic N) is 2. The highest BCUT2D eigenvalue weighted by atomic mass is 35.5. The topological polar surface area (TPSA) is 71.1 Å². The van der Waals surface area contributed by atoms with Crippen LogP contribution in [-0.2, 0) is 9.59 Å². The second-order valence-electron chi connectivity index (χ2n) is 8.51. The van der Waals surface area contributed by atoms with Gasteiger partial charge in [-0.2, -0.15) is 0 Å². The Balaban J connectivity index is 0.00000324. The van der Waals surface area contributed by atoms with Crippen LogP contribution in [0.2, 0.25) is 0 Å². The van der Waals surface area contributed by atoms with Crippen molar-refractivity contribution < 1.29 is 19.1 Å². The first-order valence-corrected chi connectivity index (χ1v) is 11.4. The predicted octanol–water partition coefficient (Wildman–Crippen LogP) is 3.68. The summed E-state index contributed by atoms with van der Waals surface area (Å²) >= 11 is 0. The van der Waals surface area contributed by atoms with Crippen molar-refractivity contribution in [2.24, 2.45) is 0 Å². The molecule has 4 rings (SSSR count). The van der Waals surface area contributed by atoms with E-state index in [2.05, 4.69) is 10.2 Å².